The number of carbonyl (C=O) groups excluding carboxylic acids is 1. The number of amides is 1. The molecular formula is C17H20N2O3. The van der Waals surface area contributed by atoms with Crippen LogP contribution in [0.15, 0.2) is 54.6 Å². The summed E-state index contributed by atoms with van der Waals surface area (Å²) in [5, 5.41) is 25.0. The molecular weight excluding hydrogens is 280 g/mol. The minimum Gasteiger partial charge on any atom is -0.508 e. The molecule has 0 heterocycles. The van der Waals surface area contributed by atoms with Crippen LogP contribution in [0.1, 0.15) is 22.0 Å². The fraction of sp³-hybridized carbons (Fsp3) is 0.235. The van der Waals surface area contributed by atoms with Gasteiger partial charge in [0.05, 0.1) is 6.10 Å². The summed E-state index contributed by atoms with van der Waals surface area (Å²) in [6.45, 7) is 1.45. The zero-order valence-corrected chi connectivity index (χ0v) is 12.2. The molecule has 4 N–H and O–H groups in total. The van der Waals surface area contributed by atoms with Crippen LogP contribution < -0.4 is 10.6 Å². The van der Waals surface area contributed by atoms with Crippen molar-refractivity contribution in [1.82, 2.24) is 10.6 Å². The van der Waals surface area contributed by atoms with Crippen molar-refractivity contribution in [2.45, 2.75) is 6.10 Å². The lowest BCUT2D eigenvalue weighted by atomic mass is 10.1. The standard InChI is InChI=1S/C17H20N2O3/c20-15-8-6-14(7-9-15)17(22)19-11-10-18-12-16(21)13-4-2-1-3-5-13/h1-9,16,18,20-21H,10-12H2,(H,19,22). The minimum atomic E-state index is -0.561. The molecule has 0 aromatic heterocycles. The molecule has 22 heavy (non-hydrogen) atoms. The van der Waals surface area contributed by atoms with E-state index >= 15 is 0 Å². The number of hydrogen-bond acceptors (Lipinski definition) is 4. The predicted molar refractivity (Wildman–Crippen MR) is 84.7 cm³/mol. The van der Waals surface area contributed by atoms with Gasteiger partial charge in [0.1, 0.15) is 5.75 Å². The highest BCUT2D eigenvalue weighted by molar-refractivity contribution is 5.94. The average molecular weight is 300 g/mol. The smallest absolute Gasteiger partial charge is 0.251 e. The number of aromatic hydroxyl groups is 1. The molecule has 1 unspecified atom stereocenters. The van der Waals surface area contributed by atoms with Gasteiger partial charge in [-0.3, -0.25) is 4.79 Å². The van der Waals surface area contributed by atoms with E-state index in [-0.39, 0.29) is 11.7 Å². The third-order valence-corrected chi connectivity index (χ3v) is 3.24. The first-order valence-electron chi connectivity index (χ1n) is 7.18. The van der Waals surface area contributed by atoms with Crippen LogP contribution in [0, 0.1) is 0 Å². The van der Waals surface area contributed by atoms with Crippen LogP contribution in [0.2, 0.25) is 0 Å². The van der Waals surface area contributed by atoms with Gasteiger partial charge in [0, 0.05) is 25.2 Å². The van der Waals surface area contributed by atoms with Gasteiger partial charge in [-0.05, 0) is 29.8 Å². The van der Waals surface area contributed by atoms with Crippen LogP contribution in [0.4, 0.5) is 0 Å². The maximum atomic E-state index is 11.8. The van der Waals surface area contributed by atoms with Crippen molar-refractivity contribution in [3.63, 3.8) is 0 Å². The number of rotatable bonds is 7. The van der Waals surface area contributed by atoms with Gasteiger partial charge in [0.25, 0.3) is 5.91 Å². The molecule has 1 atom stereocenters. The summed E-state index contributed by atoms with van der Waals surface area (Å²) in [5.41, 5.74) is 1.37. The second-order valence-electron chi connectivity index (χ2n) is 4.93. The maximum Gasteiger partial charge on any atom is 0.251 e. The average Bonchev–Trinajstić information content (AvgIpc) is 2.55. The Hall–Kier alpha value is -2.37. The third-order valence-electron chi connectivity index (χ3n) is 3.24. The Morgan fingerprint density at radius 1 is 1.00 bits per heavy atom. The normalized spacial score (nSPS) is 11.9. The first-order chi connectivity index (χ1) is 10.7. The Kier molecular flexibility index (Phi) is 5.94. The van der Waals surface area contributed by atoms with E-state index < -0.39 is 6.10 Å². The van der Waals surface area contributed by atoms with Crippen molar-refractivity contribution in [3.8, 4) is 5.75 Å². The lowest BCUT2D eigenvalue weighted by Gasteiger charge is -2.12. The maximum absolute atomic E-state index is 11.8. The number of phenolic OH excluding ortho intramolecular Hbond substituents is 1. The monoisotopic (exact) mass is 300 g/mol. The number of benzene rings is 2. The summed E-state index contributed by atoms with van der Waals surface area (Å²) in [6, 6.07) is 15.5. The zero-order chi connectivity index (χ0) is 15.8. The third kappa shape index (κ3) is 4.87. The molecule has 1 amide bonds. The number of carbonyl (C=O) groups is 1. The van der Waals surface area contributed by atoms with Crippen LogP contribution in [-0.2, 0) is 0 Å². The molecule has 0 aliphatic heterocycles. The Bertz CT molecular complexity index is 585. The molecule has 0 radical (unpaired) electrons. The Balaban J connectivity index is 1.65. The Morgan fingerprint density at radius 2 is 1.68 bits per heavy atom. The molecule has 0 bridgehead atoms. The minimum absolute atomic E-state index is 0.133. The Morgan fingerprint density at radius 3 is 2.36 bits per heavy atom. The SMILES string of the molecule is O=C(NCCNCC(O)c1ccccc1)c1ccc(O)cc1. The molecule has 5 heteroatoms. The summed E-state index contributed by atoms with van der Waals surface area (Å²) < 4.78 is 0. The highest BCUT2D eigenvalue weighted by atomic mass is 16.3. The molecule has 0 aliphatic rings. The first kappa shape index (κ1) is 16.0. The van der Waals surface area contributed by atoms with E-state index in [4.69, 9.17) is 5.11 Å². The summed E-state index contributed by atoms with van der Waals surface area (Å²) >= 11 is 0. The number of hydrogen-bond donors (Lipinski definition) is 4. The summed E-state index contributed by atoms with van der Waals surface area (Å²) in [5.74, 6) is -0.0569. The van der Waals surface area contributed by atoms with Crippen molar-refractivity contribution in [1.29, 1.82) is 0 Å². The summed E-state index contributed by atoms with van der Waals surface area (Å²) in [6.07, 6.45) is -0.561. The van der Waals surface area contributed by atoms with Crippen molar-refractivity contribution in [2.75, 3.05) is 19.6 Å². The molecule has 0 saturated carbocycles. The van der Waals surface area contributed by atoms with E-state index in [9.17, 15) is 9.90 Å². The first-order valence-corrected chi connectivity index (χ1v) is 7.18. The van der Waals surface area contributed by atoms with Crippen LogP contribution in [-0.4, -0.2) is 35.8 Å². The van der Waals surface area contributed by atoms with E-state index in [2.05, 4.69) is 10.6 Å². The van der Waals surface area contributed by atoms with E-state index in [0.717, 1.165) is 5.56 Å². The van der Waals surface area contributed by atoms with Gasteiger partial charge in [-0.25, -0.2) is 0 Å². The van der Waals surface area contributed by atoms with Gasteiger partial charge >= 0.3 is 0 Å². The number of aliphatic hydroxyl groups excluding tert-OH is 1. The molecule has 2 rings (SSSR count). The van der Waals surface area contributed by atoms with Crippen LogP contribution in [0.3, 0.4) is 0 Å². The van der Waals surface area contributed by atoms with E-state index in [0.29, 0.717) is 25.2 Å². The largest absolute Gasteiger partial charge is 0.508 e. The number of aliphatic hydroxyl groups is 1. The molecule has 116 valence electrons. The van der Waals surface area contributed by atoms with Gasteiger partial charge in [-0.15, -0.1) is 0 Å². The van der Waals surface area contributed by atoms with Crippen LogP contribution in [0.5, 0.6) is 5.75 Å². The fourth-order valence-corrected chi connectivity index (χ4v) is 2.01. The molecule has 0 saturated heterocycles. The van der Waals surface area contributed by atoms with Crippen LogP contribution >= 0.6 is 0 Å². The highest BCUT2D eigenvalue weighted by Crippen LogP contribution is 2.10. The summed E-state index contributed by atoms with van der Waals surface area (Å²) in [7, 11) is 0. The lowest BCUT2D eigenvalue weighted by Crippen LogP contribution is -2.33. The second kappa shape index (κ2) is 8.17. The Labute approximate surface area is 129 Å². The van der Waals surface area contributed by atoms with Gasteiger partial charge in [-0.2, -0.15) is 0 Å². The number of nitrogens with one attached hydrogen (secondary N) is 2. The van der Waals surface area contributed by atoms with Crippen LogP contribution in [0.25, 0.3) is 0 Å². The van der Waals surface area contributed by atoms with Crippen molar-refractivity contribution < 1.29 is 15.0 Å². The summed E-state index contributed by atoms with van der Waals surface area (Å²) in [4.78, 5) is 11.8. The molecule has 0 spiro atoms. The molecule has 0 fully saturated rings. The second-order valence-corrected chi connectivity index (χ2v) is 4.93. The van der Waals surface area contributed by atoms with E-state index in [1.165, 1.54) is 12.1 Å². The highest BCUT2D eigenvalue weighted by Gasteiger charge is 2.06. The van der Waals surface area contributed by atoms with Gasteiger partial charge in [0.2, 0.25) is 0 Å². The van der Waals surface area contributed by atoms with Gasteiger partial charge < -0.3 is 20.8 Å². The molecule has 2 aromatic rings. The van der Waals surface area contributed by atoms with Crippen molar-refractivity contribution >= 4 is 5.91 Å². The van der Waals surface area contributed by atoms with Gasteiger partial charge in [0.15, 0.2) is 0 Å². The fourth-order valence-electron chi connectivity index (χ4n) is 2.01. The number of phenols is 1. The molecule has 5 nitrogen and oxygen atoms in total. The molecule has 2 aromatic carbocycles. The predicted octanol–water partition coefficient (Wildman–Crippen LogP) is 1.45. The van der Waals surface area contributed by atoms with Crippen molar-refractivity contribution in [3.05, 3.63) is 65.7 Å². The topological polar surface area (TPSA) is 81.6 Å². The lowest BCUT2D eigenvalue weighted by molar-refractivity contribution is 0.0953. The van der Waals surface area contributed by atoms with E-state index in [1.807, 2.05) is 30.3 Å². The van der Waals surface area contributed by atoms with Gasteiger partial charge in [-0.1, -0.05) is 30.3 Å². The van der Waals surface area contributed by atoms with Crippen molar-refractivity contribution in [2.24, 2.45) is 0 Å². The quantitative estimate of drug-likeness (QED) is 0.583. The van der Waals surface area contributed by atoms with E-state index in [1.54, 1.807) is 12.1 Å². The zero-order valence-electron chi connectivity index (χ0n) is 12.2. The molecule has 0 aliphatic carbocycles.